The SMILES string of the molecule is OC1(Cn2cncn2)CCCC1Cc1c(F)cccc1F. The summed E-state index contributed by atoms with van der Waals surface area (Å²) in [5.41, 5.74) is -0.941. The maximum Gasteiger partial charge on any atom is 0.137 e. The van der Waals surface area contributed by atoms with Crippen LogP contribution in [0, 0.1) is 17.6 Å². The lowest BCUT2D eigenvalue weighted by atomic mass is 9.85. The zero-order valence-corrected chi connectivity index (χ0v) is 11.5. The molecule has 1 aromatic heterocycles. The van der Waals surface area contributed by atoms with E-state index >= 15 is 0 Å². The largest absolute Gasteiger partial charge is 0.388 e. The Morgan fingerprint density at radius 1 is 1.33 bits per heavy atom. The number of nitrogens with zero attached hydrogens (tertiary/aromatic N) is 3. The van der Waals surface area contributed by atoms with Crippen LogP contribution in [0.5, 0.6) is 0 Å². The Bertz CT molecular complexity index is 597. The highest BCUT2D eigenvalue weighted by Crippen LogP contribution is 2.39. The van der Waals surface area contributed by atoms with Gasteiger partial charge in [0.1, 0.15) is 24.3 Å². The van der Waals surface area contributed by atoms with Gasteiger partial charge in [-0.3, -0.25) is 4.68 Å². The maximum atomic E-state index is 13.8. The molecule has 112 valence electrons. The van der Waals surface area contributed by atoms with Gasteiger partial charge < -0.3 is 5.11 Å². The number of aliphatic hydroxyl groups is 1. The molecule has 0 bridgehead atoms. The molecule has 6 heteroatoms. The van der Waals surface area contributed by atoms with Crippen molar-refractivity contribution in [1.29, 1.82) is 0 Å². The highest BCUT2D eigenvalue weighted by molar-refractivity contribution is 5.21. The van der Waals surface area contributed by atoms with Gasteiger partial charge in [-0.05, 0) is 37.3 Å². The van der Waals surface area contributed by atoms with Gasteiger partial charge >= 0.3 is 0 Å². The van der Waals surface area contributed by atoms with E-state index in [4.69, 9.17) is 0 Å². The van der Waals surface area contributed by atoms with Crippen LogP contribution in [0.15, 0.2) is 30.9 Å². The topological polar surface area (TPSA) is 50.9 Å². The minimum absolute atomic E-state index is 0.0569. The summed E-state index contributed by atoms with van der Waals surface area (Å²) < 4.78 is 29.1. The number of aromatic nitrogens is 3. The molecular weight excluding hydrogens is 276 g/mol. The van der Waals surface area contributed by atoms with Crippen LogP contribution in [0.25, 0.3) is 0 Å². The lowest BCUT2D eigenvalue weighted by Crippen LogP contribution is -2.39. The molecule has 1 aromatic carbocycles. The first-order valence-corrected chi connectivity index (χ1v) is 7.06. The Hall–Kier alpha value is -1.82. The molecule has 2 aromatic rings. The van der Waals surface area contributed by atoms with E-state index in [1.807, 2.05) is 0 Å². The van der Waals surface area contributed by atoms with Crippen LogP contribution in [-0.4, -0.2) is 25.5 Å². The van der Waals surface area contributed by atoms with Crippen molar-refractivity contribution in [1.82, 2.24) is 14.8 Å². The summed E-state index contributed by atoms with van der Waals surface area (Å²) in [5.74, 6) is -1.29. The smallest absolute Gasteiger partial charge is 0.137 e. The first-order valence-electron chi connectivity index (χ1n) is 7.06. The summed E-state index contributed by atoms with van der Waals surface area (Å²) in [5, 5.41) is 14.8. The Labute approximate surface area is 121 Å². The summed E-state index contributed by atoms with van der Waals surface area (Å²) in [6, 6.07) is 3.86. The second-order valence-electron chi connectivity index (χ2n) is 5.69. The lowest BCUT2D eigenvalue weighted by Gasteiger charge is -2.30. The lowest BCUT2D eigenvalue weighted by molar-refractivity contribution is -0.0167. The molecule has 1 saturated carbocycles. The van der Waals surface area contributed by atoms with E-state index in [9.17, 15) is 13.9 Å². The second kappa shape index (κ2) is 5.52. The third-order valence-corrected chi connectivity index (χ3v) is 4.34. The number of halogens is 2. The molecular formula is C15H17F2N3O. The fraction of sp³-hybridized carbons (Fsp3) is 0.467. The molecule has 0 spiro atoms. The molecule has 2 unspecified atom stereocenters. The summed E-state index contributed by atoms with van der Waals surface area (Å²) in [6.07, 6.45) is 5.34. The molecule has 1 fully saturated rings. The van der Waals surface area contributed by atoms with Crippen molar-refractivity contribution in [2.24, 2.45) is 5.92 Å². The van der Waals surface area contributed by atoms with Crippen LogP contribution in [0.4, 0.5) is 8.78 Å². The molecule has 0 saturated heterocycles. The van der Waals surface area contributed by atoms with Crippen molar-refractivity contribution in [3.63, 3.8) is 0 Å². The van der Waals surface area contributed by atoms with Crippen LogP contribution < -0.4 is 0 Å². The summed E-state index contributed by atoms with van der Waals surface area (Å²) in [6.45, 7) is 0.299. The molecule has 0 aliphatic heterocycles. The predicted molar refractivity (Wildman–Crippen MR) is 72.4 cm³/mol. The van der Waals surface area contributed by atoms with Gasteiger partial charge in [0.25, 0.3) is 0 Å². The summed E-state index contributed by atoms with van der Waals surface area (Å²) in [4.78, 5) is 3.85. The van der Waals surface area contributed by atoms with Crippen molar-refractivity contribution >= 4 is 0 Å². The number of benzene rings is 1. The monoisotopic (exact) mass is 293 g/mol. The highest BCUT2D eigenvalue weighted by atomic mass is 19.1. The Morgan fingerprint density at radius 2 is 2.10 bits per heavy atom. The Kier molecular flexibility index (Phi) is 3.71. The first kappa shape index (κ1) is 14.1. The van der Waals surface area contributed by atoms with E-state index < -0.39 is 17.2 Å². The first-order chi connectivity index (χ1) is 10.1. The van der Waals surface area contributed by atoms with Crippen LogP contribution in [0.2, 0.25) is 0 Å². The predicted octanol–water partition coefficient (Wildman–Crippen LogP) is 2.33. The van der Waals surface area contributed by atoms with E-state index in [0.29, 0.717) is 13.0 Å². The molecule has 2 atom stereocenters. The molecule has 1 heterocycles. The van der Waals surface area contributed by atoms with Gasteiger partial charge in [0, 0.05) is 5.56 Å². The van der Waals surface area contributed by atoms with Crippen LogP contribution in [0.1, 0.15) is 24.8 Å². The highest BCUT2D eigenvalue weighted by Gasteiger charge is 2.42. The molecule has 21 heavy (non-hydrogen) atoms. The molecule has 0 amide bonds. The van der Waals surface area contributed by atoms with Crippen molar-refractivity contribution in [3.8, 4) is 0 Å². The van der Waals surface area contributed by atoms with E-state index in [2.05, 4.69) is 10.1 Å². The zero-order valence-electron chi connectivity index (χ0n) is 11.5. The number of hydrogen-bond donors (Lipinski definition) is 1. The zero-order chi connectivity index (χ0) is 14.9. The Balaban J connectivity index is 1.81. The van der Waals surface area contributed by atoms with Gasteiger partial charge in [-0.15, -0.1) is 0 Å². The fourth-order valence-electron chi connectivity index (χ4n) is 3.20. The van der Waals surface area contributed by atoms with Gasteiger partial charge in [-0.25, -0.2) is 13.8 Å². The average Bonchev–Trinajstić information content (AvgIpc) is 3.05. The van der Waals surface area contributed by atoms with Crippen molar-refractivity contribution < 1.29 is 13.9 Å². The maximum absolute atomic E-state index is 13.8. The Morgan fingerprint density at radius 3 is 2.76 bits per heavy atom. The molecule has 1 N–H and O–H groups in total. The summed E-state index contributed by atoms with van der Waals surface area (Å²) in [7, 11) is 0. The quantitative estimate of drug-likeness (QED) is 0.941. The van der Waals surface area contributed by atoms with Gasteiger partial charge in [0.15, 0.2) is 0 Å². The number of rotatable bonds is 4. The van der Waals surface area contributed by atoms with E-state index in [-0.39, 0.29) is 17.9 Å². The van der Waals surface area contributed by atoms with E-state index in [1.54, 1.807) is 4.68 Å². The van der Waals surface area contributed by atoms with Crippen LogP contribution in [-0.2, 0) is 13.0 Å². The molecule has 1 aliphatic carbocycles. The normalized spacial score (nSPS) is 25.4. The van der Waals surface area contributed by atoms with Crippen LogP contribution >= 0.6 is 0 Å². The van der Waals surface area contributed by atoms with E-state index in [0.717, 1.165) is 12.8 Å². The third kappa shape index (κ3) is 2.81. The minimum atomic E-state index is -0.998. The van der Waals surface area contributed by atoms with Gasteiger partial charge in [-0.1, -0.05) is 12.5 Å². The average molecular weight is 293 g/mol. The van der Waals surface area contributed by atoms with Crippen molar-refractivity contribution in [3.05, 3.63) is 48.1 Å². The van der Waals surface area contributed by atoms with Gasteiger partial charge in [0.05, 0.1) is 12.1 Å². The summed E-state index contributed by atoms with van der Waals surface area (Å²) >= 11 is 0. The third-order valence-electron chi connectivity index (χ3n) is 4.34. The standard InChI is InChI=1S/C15H17F2N3O/c16-13-4-1-5-14(17)12(13)7-11-3-2-6-15(11,21)8-20-10-18-9-19-20/h1,4-5,9-11,21H,2-3,6-8H2. The van der Waals surface area contributed by atoms with Gasteiger partial charge in [-0.2, -0.15) is 5.10 Å². The second-order valence-corrected chi connectivity index (χ2v) is 5.69. The van der Waals surface area contributed by atoms with Gasteiger partial charge in [0.2, 0.25) is 0 Å². The molecule has 0 radical (unpaired) electrons. The van der Waals surface area contributed by atoms with Crippen molar-refractivity contribution in [2.45, 2.75) is 37.8 Å². The minimum Gasteiger partial charge on any atom is -0.388 e. The number of hydrogen-bond acceptors (Lipinski definition) is 3. The molecule has 3 rings (SSSR count). The van der Waals surface area contributed by atoms with Crippen molar-refractivity contribution in [2.75, 3.05) is 0 Å². The van der Waals surface area contributed by atoms with E-state index in [1.165, 1.54) is 30.9 Å². The molecule has 1 aliphatic rings. The van der Waals surface area contributed by atoms with Crippen LogP contribution in [0.3, 0.4) is 0 Å². The molecule has 4 nitrogen and oxygen atoms in total. The fourth-order valence-corrected chi connectivity index (χ4v) is 3.20.